The minimum atomic E-state index is -0.634. The van der Waals surface area contributed by atoms with E-state index in [1.165, 1.54) is 4.90 Å². The van der Waals surface area contributed by atoms with E-state index in [9.17, 15) is 14.4 Å². The Morgan fingerprint density at radius 1 is 1.13 bits per heavy atom. The summed E-state index contributed by atoms with van der Waals surface area (Å²) in [5.41, 5.74) is 0.922. The average Bonchev–Trinajstić information content (AvgIpc) is 3.24. The van der Waals surface area contributed by atoms with Crippen molar-refractivity contribution in [1.29, 1.82) is 0 Å². The summed E-state index contributed by atoms with van der Waals surface area (Å²) < 4.78 is 8.07. The number of rotatable bonds is 6. The number of benzene rings is 2. The van der Waals surface area contributed by atoms with Gasteiger partial charge in [-0.05, 0) is 42.0 Å². The third-order valence-corrected chi connectivity index (χ3v) is 5.24. The van der Waals surface area contributed by atoms with Crippen LogP contribution in [-0.2, 0) is 24.4 Å². The Hall–Kier alpha value is -3.40. The van der Waals surface area contributed by atoms with E-state index in [-0.39, 0.29) is 19.0 Å². The Kier molecular flexibility index (Phi) is 5.40. The Morgan fingerprint density at radius 2 is 1.83 bits per heavy atom. The van der Waals surface area contributed by atoms with Gasteiger partial charge in [0.1, 0.15) is 12.3 Å². The van der Waals surface area contributed by atoms with E-state index in [4.69, 9.17) is 4.74 Å². The van der Waals surface area contributed by atoms with E-state index in [0.29, 0.717) is 23.8 Å². The molecule has 0 atom stereocenters. The van der Waals surface area contributed by atoms with Crippen molar-refractivity contribution >= 4 is 33.6 Å². The molecule has 30 heavy (non-hydrogen) atoms. The first-order valence-electron chi connectivity index (χ1n) is 9.12. The minimum Gasteiger partial charge on any atom is -0.497 e. The number of anilines is 1. The van der Waals surface area contributed by atoms with E-state index < -0.39 is 11.7 Å². The van der Waals surface area contributed by atoms with Crippen molar-refractivity contribution in [1.82, 2.24) is 19.7 Å². The maximum atomic E-state index is 12.7. The second-order valence-electron chi connectivity index (χ2n) is 6.66. The maximum absolute atomic E-state index is 12.7. The van der Waals surface area contributed by atoms with Gasteiger partial charge in [-0.2, -0.15) is 9.67 Å². The number of hydrogen-bond acceptors (Lipinski definition) is 5. The summed E-state index contributed by atoms with van der Waals surface area (Å²) in [7, 11) is 1.56. The van der Waals surface area contributed by atoms with Gasteiger partial charge in [-0.1, -0.05) is 28.1 Å². The normalized spacial score (nSPS) is 12.7. The van der Waals surface area contributed by atoms with Crippen molar-refractivity contribution in [2.75, 3.05) is 12.0 Å². The molecule has 3 aromatic rings. The van der Waals surface area contributed by atoms with Gasteiger partial charge in [0, 0.05) is 16.7 Å². The SMILES string of the molecule is COc1ccc(N2Cc3nn(CC(=O)NCc4ccc(Br)cc4)c(=O)n3C2=O)cc1. The van der Waals surface area contributed by atoms with Crippen LogP contribution in [0.4, 0.5) is 10.5 Å². The van der Waals surface area contributed by atoms with E-state index >= 15 is 0 Å². The van der Waals surface area contributed by atoms with Crippen LogP contribution in [0.2, 0.25) is 0 Å². The van der Waals surface area contributed by atoms with Gasteiger partial charge in [0.15, 0.2) is 5.82 Å². The molecule has 0 fully saturated rings. The first kappa shape index (κ1) is 19.9. The van der Waals surface area contributed by atoms with E-state index in [1.54, 1.807) is 31.4 Å². The fraction of sp³-hybridized carbons (Fsp3) is 0.200. The number of methoxy groups -OCH3 is 1. The Morgan fingerprint density at radius 3 is 2.47 bits per heavy atom. The van der Waals surface area contributed by atoms with Crippen LogP contribution in [0.15, 0.2) is 57.8 Å². The Bertz CT molecular complexity index is 1150. The van der Waals surface area contributed by atoms with Crippen LogP contribution >= 0.6 is 15.9 Å². The minimum absolute atomic E-state index is 0.147. The van der Waals surface area contributed by atoms with Gasteiger partial charge < -0.3 is 10.1 Å². The second-order valence-corrected chi connectivity index (χ2v) is 7.58. The highest BCUT2D eigenvalue weighted by molar-refractivity contribution is 9.10. The average molecular weight is 472 g/mol. The van der Waals surface area contributed by atoms with E-state index in [1.807, 2.05) is 24.3 Å². The molecular formula is C20H18BrN5O4. The Labute approximate surface area is 180 Å². The molecule has 4 rings (SSSR count). The van der Waals surface area contributed by atoms with Crippen LogP contribution in [0, 0.1) is 0 Å². The molecule has 0 aliphatic carbocycles. The summed E-state index contributed by atoms with van der Waals surface area (Å²) in [5, 5.41) is 6.91. The number of hydrogen-bond donors (Lipinski definition) is 1. The van der Waals surface area contributed by atoms with Crippen LogP contribution in [0.3, 0.4) is 0 Å². The molecule has 2 heterocycles. The first-order valence-corrected chi connectivity index (χ1v) is 9.91. The van der Waals surface area contributed by atoms with Crippen LogP contribution < -0.4 is 20.6 Å². The fourth-order valence-electron chi connectivity index (χ4n) is 3.14. The van der Waals surface area contributed by atoms with Crippen molar-refractivity contribution in [3.05, 3.63) is 74.9 Å². The topological polar surface area (TPSA) is 98.5 Å². The third kappa shape index (κ3) is 3.86. The molecule has 1 aromatic heterocycles. The number of nitrogens with zero attached hydrogens (tertiary/aromatic N) is 4. The lowest BCUT2D eigenvalue weighted by atomic mass is 10.2. The van der Waals surface area contributed by atoms with Gasteiger partial charge >= 0.3 is 11.7 Å². The van der Waals surface area contributed by atoms with Crippen LogP contribution in [0.5, 0.6) is 5.75 Å². The van der Waals surface area contributed by atoms with Crippen LogP contribution in [0.1, 0.15) is 11.4 Å². The van der Waals surface area contributed by atoms with Gasteiger partial charge in [-0.3, -0.25) is 9.69 Å². The molecule has 2 amide bonds. The van der Waals surface area contributed by atoms with E-state index in [2.05, 4.69) is 26.3 Å². The maximum Gasteiger partial charge on any atom is 0.354 e. The fourth-order valence-corrected chi connectivity index (χ4v) is 3.40. The molecular weight excluding hydrogens is 454 g/mol. The predicted molar refractivity (Wildman–Crippen MR) is 112 cm³/mol. The molecule has 154 valence electrons. The van der Waals surface area contributed by atoms with Crippen molar-refractivity contribution in [2.24, 2.45) is 0 Å². The highest BCUT2D eigenvalue weighted by atomic mass is 79.9. The van der Waals surface area contributed by atoms with E-state index in [0.717, 1.165) is 19.3 Å². The number of carbonyl (C=O) groups excluding carboxylic acids is 2. The van der Waals surface area contributed by atoms with Gasteiger partial charge in [0.25, 0.3) is 0 Å². The highest BCUT2D eigenvalue weighted by Gasteiger charge is 2.33. The number of aromatic nitrogens is 3. The monoisotopic (exact) mass is 471 g/mol. The summed E-state index contributed by atoms with van der Waals surface area (Å²) in [5.74, 6) is 0.595. The molecule has 0 saturated heterocycles. The van der Waals surface area contributed by atoms with Gasteiger partial charge in [-0.15, -0.1) is 0 Å². The van der Waals surface area contributed by atoms with Gasteiger partial charge in [-0.25, -0.2) is 14.3 Å². The summed E-state index contributed by atoms with van der Waals surface area (Å²) in [4.78, 5) is 39.0. The van der Waals surface area contributed by atoms with Crippen molar-refractivity contribution in [2.45, 2.75) is 19.6 Å². The number of halogens is 1. The smallest absolute Gasteiger partial charge is 0.354 e. The summed E-state index contributed by atoms with van der Waals surface area (Å²) >= 11 is 3.36. The zero-order chi connectivity index (χ0) is 21.3. The van der Waals surface area contributed by atoms with Crippen LogP contribution in [0.25, 0.3) is 0 Å². The number of fused-ring (bicyclic) bond motifs is 1. The molecule has 0 unspecified atom stereocenters. The molecule has 0 spiro atoms. The predicted octanol–water partition coefficient (Wildman–Crippen LogP) is 2.12. The molecule has 9 nitrogen and oxygen atoms in total. The molecule has 1 N–H and O–H groups in total. The zero-order valence-electron chi connectivity index (χ0n) is 16.0. The standard InChI is InChI=1S/C20H18BrN5O4/c1-30-16-8-6-15(7-9-16)24-11-17-23-25(20(29)26(17)19(24)28)12-18(27)22-10-13-2-4-14(21)5-3-13/h2-9H,10-12H2,1H3,(H,22,27). The first-order chi connectivity index (χ1) is 14.5. The molecule has 0 radical (unpaired) electrons. The summed E-state index contributed by atoms with van der Waals surface area (Å²) in [6.45, 7) is 0.220. The molecule has 0 bridgehead atoms. The molecule has 1 aliphatic rings. The summed E-state index contributed by atoms with van der Waals surface area (Å²) in [6.07, 6.45) is 0. The molecule has 1 aliphatic heterocycles. The third-order valence-electron chi connectivity index (χ3n) is 4.71. The highest BCUT2D eigenvalue weighted by Crippen LogP contribution is 2.24. The second kappa shape index (κ2) is 8.15. The lowest BCUT2D eigenvalue weighted by molar-refractivity contribution is -0.122. The quantitative estimate of drug-likeness (QED) is 0.593. The number of carbonyl (C=O) groups is 2. The van der Waals surface area contributed by atoms with Crippen molar-refractivity contribution < 1.29 is 14.3 Å². The number of ether oxygens (including phenoxy) is 1. The molecule has 10 heteroatoms. The summed E-state index contributed by atoms with van der Waals surface area (Å²) in [6, 6.07) is 14.0. The van der Waals surface area contributed by atoms with Crippen molar-refractivity contribution in [3.63, 3.8) is 0 Å². The lowest BCUT2D eigenvalue weighted by Gasteiger charge is -2.15. The van der Waals surface area contributed by atoms with Crippen LogP contribution in [-0.4, -0.2) is 33.4 Å². The number of amides is 2. The largest absolute Gasteiger partial charge is 0.497 e. The Balaban J connectivity index is 1.43. The lowest BCUT2D eigenvalue weighted by Crippen LogP contribution is -2.37. The van der Waals surface area contributed by atoms with Gasteiger partial charge in [0.05, 0.1) is 13.7 Å². The molecule has 2 aromatic carbocycles. The van der Waals surface area contributed by atoms with Crippen molar-refractivity contribution in [3.8, 4) is 5.75 Å². The molecule has 0 saturated carbocycles. The zero-order valence-corrected chi connectivity index (χ0v) is 17.6. The van der Waals surface area contributed by atoms with Gasteiger partial charge in [0.2, 0.25) is 5.91 Å². The number of nitrogens with one attached hydrogen (secondary N) is 1.